The zero-order valence-corrected chi connectivity index (χ0v) is 26.1. The molecule has 0 unspecified atom stereocenters. The van der Waals surface area contributed by atoms with Gasteiger partial charge in [0.15, 0.2) is 16.6 Å². The van der Waals surface area contributed by atoms with Crippen LogP contribution in [0.2, 0.25) is 0 Å². The van der Waals surface area contributed by atoms with E-state index in [9.17, 15) is 9.59 Å². The van der Waals surface area contributed by atoms with Crippen LogP contribution >= 0.6 is 27.3 Å². The van der Waals surface area contributed by atoms with Crippen LogP contribution in [0.1, 0.15) is 37.4 Å². The van der Waals surface area contributed by atoms with Crippen molar-refractivity contribution in [1.29, 1.82) is 0 Å². The predicted molar refractivity (Wildman–Crippen MR) is 175 cm³/mol. The summed E-state index contributed by atoms with van der Waals surface area (Å²) in [6.45, 7) is 2.27. The van der Waals surface area contributed by atoms with Gasteiger partial charge in [0.2, 0.25) is 0 Å². The van der Waals surface area contributed by atoms with E-state index in [2.05, 4.69) is 36.8 Å². The fraction of sp³-hybridized carbons (Fsp3) is 0.0909. The molecule has 3 N–H and O–H groups in total. The number of amides is 1. The summed E-state index contributed by atoms with van der Waals surface area (Å²) < 4.78 is 12.1. The molecule has 1 heterocycles. The summed E-state index contributed by atoms with van der Waals surface area (Å²) in [5, 5.41) is 19.2. The van der Waals surface area contributed by atoms with E-state index in [1.165, 1.54) is 42.4 Å². The van der Waals surface area contributed by atoms with Crippen molar-refractivity contribution in [1.82, 2.24) is 10.4 Å². The van der Waals surface area contributed by atoms with Gasteiger partial charge >= 0.3 is 5.97 Å². The zero-order valence-electron chi connectivity index (χ0n) is 23.7. The molecule has 0 spiro atoms. The van der Waals surface area contributed by atoms with Crippen molar-refractivity contribution in [2.45, 2.75) is 13.5 Å². The summed E-state index contributed by atoms with van der Waals surface area (Å²) in [6, 6.07) is 25.2. The number of benzene rings is 4. The quantitative estimate of drug-likeness (QED) is 0.0973. The third-order valence-electron chi connectivity index (χ3n) is 6.50. The number of aromatic nitrogens is 1. The molecule has 222 valence electrons. The molecule has 1 amide bonds. The van der Waals surface area contributed by atoms with Gasteiger partial charge < -0.3 is 19.9 Å². The Kier molecular flexibility index (Phi) is 9.68. The van der Waals surface area contributed by atoms with Crippen LogP contribution in [-0.4, -0.2) is 35.3 Å². The number of carbonyl (C=O) groups is 2. The molecule has 0 atom stereocenters. The van der Waals surface area contributed by atoms with Crippen molar-refractivity contribution in [3.63, 3.8) is 0 Å². The third-order valence-corrected chi connectivity index (χ3v) is 7.94. The molecule has 0 fully saturated rings. The van der Waals surface area contributed by atoms with Gasteiger partial charge in [0.25, 0.3) is 5.91 Å². The molecule has 5 aromatic rings. The molecule has 0 saturated carbocycles. The van der Waals surface area contributed by atoms with E-state index in [0.717, 1.165) is 27.6 Å². The summed E-state index contributed by atoms with van der Waals surface area (Å²) in [4.78, 5) is 28.4. The Morgan fingerprint density at radius 2 is 1.68 bits per heavy atom. The highest BCUT2D eigenvalue weighted by Gasteiger charge is 2.12. The van der Waals surface area contributed by atoms with Crippen LogP contribution in [0.4, 0.5) is 10.8 Å². The number of nitrogens with one attached hydrogen (secondary N) is 2. The van der Waals surface area contributed by atoms with Crippen LogP contribution in [0.5, 0.6) is 11.5 Å². The lowest BCUT2D eigenvalue weighted by Crippen LogP contribution is -2.17. The maximum absolute atomic E-state index is 12.7. The van der Waals surface area contributed by atoms with E-state index in [1.54, 1.807) is 36.4 Å². The Bertz CT molecular complexity index is 1800. The van der Waals surface area contributed by atoms with Gasteiger partial charge in [-0.3, -0.25) is 4.79 Å². The minimum Gasteiger partial charge on any atom is -0.493 e. The first-order chi connectivity index (χ1) is 21.3. The molecule has 0 aliphatic heterocycles. The molecule has 0 aliphatic carbocycles. The second-order valence-corrected chi connectivity index (χ2v) is 11.3. The molecule has 0 radical (unpaired) electrons. The summed E-state index contributed by atoms with van der Waals surface area (Å²) in [7, 11) is 1.52. The van der Waals surface area contributed by atoms with Crippen molar-refractivity contribution in [2.24, 2.45) is 5.10 Å². The highest BCUT2D eigenvalue weighted by molar-refractivity contribution is 9.10. The number of carbonyl (C=O) groups excluding carboxylic acids is 1. The Hall–Kier alpha value is -5.00. The number of halogens is 1. The van der Waals surface area contributed by atoms with Crippen LogP contribution in [0.25, 0.3) is 11.3 Å². The van der Waals surface area contributed by atoms with Crippen molar-refractivity contribution in [3.8, 4) is 22.8 Å². The molecule has 0 bridgehead atoms. The van der Waals surface area contributed by atoms with E-state index >= 15 is 0 Å². The maximum Gasteiger partial charge on any atom is 0.335 e. The number of rotatable bonds is 11. The topological polar surface area (TPSA) is 122 Å². The minimum atomic E-state index is -0.984. The van der Waals surface area contributed by atoms with Crippen molar-refractivity contribution < 1.29 is 24.2 Å². The van der Waals surface area contributed by atoms with E-state index in [0.29, 0.717) is 27.1 Å². The van der Waals surface area contributed by atoms with Crippen LogP contribution in [0.15, 0.2) is 99.9 Å². The van der Waals surface area contributed by atoms with Crippen LogP contribution in [0, 0.1) is 6.92 Å². The van der Waals surface area contributed by atoms with Gasteiger partial charge in [-0.15, -0.1) is 11.3 Å². The third kappa shape index (κ3) is 7.68. The number of aromatic carboxylic acids is 1. The van der Waals surface area contributed by atoms with Crippen LogP contribution in [0.3, 0.4) is 0 Å². The average molecular weight is 672 g/mol. The van der Waals surface area contributed by atoms with Gasteiger partial charge in [-0.05, 0) is 76.9 Å². The molecule has 1 aromatic heterocycles. The Labute approximate surface area is 266 Å². The first-order valence-electron chi connectivity index (χ1n) is 13.3. The molecular weight excluding hydrogens is 644 g/mol. The van der Waals surface area contributed by atoms with Gasteiger partial charge in [0, 0.05) is 32.2 Å². The number of hydrogen-bond acceptors (Lipinski definition) is 8. The highest BCUT2D eigenvalue weighted by Crippen LogP contribution is 2.33. The van der Waals surface area contributed by atoms with Crippen molar-refractivity contribution in [2.75, 3.05) is 12.4 Å². The molecule has 9 nitrogen and oxygen atoms in total. The number of carboxylic acid groups (broad SMARTS) is 1. The Balaban J connectivity index is 1.18. The summed E-state index contributed by atoms with van der Waals surface area (Å²) in [5.41, 5.74) is 8.56. The number of carboxylic acids is 1. The van der Waals surface area contributed by atoms with Gasteiger partial charge in [-0.2, -0.15) is 5.10 Å². The fourth-order valence-electron chi connectivity index (χ4n) is 4.07. The lowest BCUT2D eigenvalue weighted by molar-refractivity contribution is 0.0696. The normalized spacial score (nSPS) is 10.9. The van der Waals surface area contributed by atoms with Gasteiger partial charge in [0.05, 0.1) is 24.6 Å². The lowest BCUT2D eigenvalue weighted by atomic mass is 10.1. The maximum atomic E-state index is 12.7. The monoisotopic (exact) mass is 670 g/mol. The fourth-order valence-corrected chi connectivity index (χ4v) is 5.23. The second kappa shape index (κ2) is 14.0. The van der Waals surface area contributed by atoms with E-state index in [-0.39, 0.29) is 18.1 Å². The summed E-state index contributed by atoms with van der Waals surface area (Å²) in [5.74, 6) is -0.383. The number of thiazole rings is 1. The second-order valence-electron chi connectivity index (χ2n) is 9.62. The molecule has 11 heteroatoms. The molecule has 0 saturated heterocycles. The first-order valence-corrected chi connectivity index (χ1v) is 15.0. The van der Waals surface area contributed by atoms with Crippen LogP contribution in [-0.2, 0) is 6.61 Å². The summed E-state index contributed by atoms with van der Waals surface area (Å²) >= 11 is 5.02. The van der Waals surface area contributed by atoms with E-state index < -0.39 is 5.97 Å². The average Bonchev–Trinajstić information content (AvgIpc) is 3.50. The zero-order chi connectivity index (χ0) is 31.1. The number of methoxy groups -OCH3 is 1. The number of ether oxygens (including phenoxy) is 2. The van der Waals surface area contributed by atoms with Gasteiger partial charge in [-0.25, -0.2) is 15.2 Å². The Morgan fingerprint density at radius 3 is 2.36 bits per heavy atom. The number of hydrazone groups is 1. The number of nitrogens with zero attached hydrogens (tertiary/aromatic N) is 2. The lowest BCUT2D eigenvalue weighted by Gasteiger charge is -2.13. The van der Waals surface area contributed by atoms with Crippen molar-refractivity contribution >= 4 is 56.2 Å². The molecule has 44 heavy (non-hydrogen) atoms. The largest absolute Gasteiger partial charge is 0.493 e. The highest BCUT2D eigenvalue weighted by atomic mass is 79.9. The van der Waals surface area contributed by atoms with Gasteiger partial charge in [0.1, 0.15) is 6.61 Å². The van der Waals surface area contributed by atoms with Crippen molar-refractivity contribution in [3.05, 3.63) is 123 Å². The molecule has 0 aliphatic rings. The van der Waals surface area contributed by atoms with E-state index in [1.807, 2.05) is 48.7 Å². The number of aryl methyl sites for hydroxylation is 1. The molecular formula is C33H27BrN4O5S. The SMILES string of the molecule is COc1cc(/C=N\NC(=O)c2ccc(-c3csc(Nc4ccc(C)cc4)n3)cc2)c(Br)cc1OCc1ccc(C(=O)O)cc1. The number of anilines is 2. The van der Waals surface area contributed by atoms with Gasteiger partial charge in [-0.1, -0.05) is 42.0 Å². The summed E-state index contributed by atoms with van der Waals surface area (Å²) in [6.07, 6.45) is 1.51. The number of hydrogen-bond donors (Lipinski definition) is 3. The smallest absolute Gasteiger partial charge is 0.335 e. The minimum absolute atomic E-state index is 0.207. The Morgan fingerprint density at radius 1 is 0.977 bits per heavy atom. The van der Waals surface area contributed by atoms with Crippen LogP contribution < -0.4 is 20.2 Å². The predicted octanol–water partition coefficient (Wildman–Crippen LogP) is 7.67. The first kappa shape index (κ1) is 30.5. The molecule has 5 rings (SSSR count). The molecule has 4 aromatic carbocycles. The standard InChI is InChI=1S/C33H27BrN4O5S/c1-20-3-13-26(14-4-20)36-33-37-28(19-44-33)22-9-11-23(12-10-22)31(39)38-35-17-25-15-29(42-2)30(16-27(25)34)43-18-21-5-7-24(8-6-21)32(40)41/h3-17,19H,18H2,1-2H3,(H,36,37)(H,38,39)(H,40,41)/b35-17-. The van der Waals surface area contributed by atoms with E-state index in [4.69, 9.17) is 14.6 Å².